The first-order valence-corrected chi connectivity index (χ1v) is 22.3. The lowest BCUT2D eigenvalue weighted by Crippen LogP contribution is -2.14. The molecule has 0 N–H and O–H groups in total. The second-order valence-corrected chi connectivity index (χ2v) is 24.6. The molecule has 15 heteroatoms. The van der Waals surface area contributed by atoms with Crippen molar-refractivity contribution in [2.75, 3.05) is 38.9 Å². The molecule has 0 saturated heterocycles. The molecule has 0 bridgehead atoms. The van der Waals surface area contributed by atoms with Crippen LogP contribution in [0.25, 0.3) is 0 Å². The summed E-state index contributed by atoms with van der Waals surface area (Å²) in [5.41, 5.74) is -7.50. The summed E-state index contributed by atoms with van der Waals surface area (Å²) in [4.78, 5) is 0. The topological polar surface area (TPSA) is 55.4 Å². The molecule has 0 saturated carbocycles. The average molecular weight is 611 g/mol. The Bertz CT molecular complexity index is 607. The van der Waals surface area contributed by atoms with Crippen LogP contribution in [0.5, 0.6) is 0 Å². The lowest BCUT2D eigenvalue weighted by molar-refractivity contribution is 0.190. The Labute approximate surface area is 217 Å². The van der Waals surface area contributed by atoms with Crippen LogP contribution in [0.1, 0.15) is 53.4 Å². The Morgan fingerprint density at radius 1 is 0.774 bits per heavy atom. The molecule has 6 nitrogen and oxygen atoms in total. The molecule has 0 radical (unpaired) electrons. The number of thiol groups is 1. The summed E-state index contributed by atoms with van der Waals surface area (Å²) in [5.74, 6) is 1.16. The Hall–Kier alpha value is 2.76. The van der Waals surface area contributed by atoms with Gasteiger partial charge in [0.05, 0.1) is 25.4 Å². The molecule has 0 heterocycles. The summed E-state index contributed by atoms with van der Waals surface area (Å²) < 4.78 is 34.3. The van der Waals surface area contributed by atoms with E-state index in [0.29, 0.717) is 24.7 Å². The van der Waals surface area contributed by atoms with Gasteiger partial charge < -0.3 is 27.1 Å². The monoisotopic (exact) mass is 610 g/mol. The van der Waals surface area contributed by atoms with Crippen LogP contribution in [0.2, 0.25) is 0 Å². The van der Waals surface area contributed by atoms with Gasteiger partial charge in [-0.15, -0.1) is 0 Å². The molecule has 0 amide bonds. The first kappa shape index (κ1) is 33.8. The van der Waals surface area contributed by atoms with Gasteiger partial charge in [-0.1, -0.05) is 61.7 Å². The zero-order valence-electron chi connectivity index (χ0n) is 19.1. The highest BCUT2D eigenvalue weighted by Gasteiger charge is 2.26. The van der Waals surface area contributed by atoms with Crippen LogP contribution in [0.15, 0.2) is 0 Å². The second kappa shape index (κ2) is 18.1. The highest BCUT2D eigenvalue weighted by atomic mass is 32.9. The fourth-order valence-corrected chi connectivity index (χ4v) is 12.7. The zero-order chi connectivity index (χ0) is 24.0. The molecule has 0 aliphatic carbocycles. The van der Waals surface area contributed by atoms with Gasteiger partial charge in [-0.3, -0.25) is 0 Å². The minimum atomic E-state index is -2.74. The second-order valence-electron chi connectivity index (χ2n) is 6.53. The Balaban J connectivity index is 4.65. The highest BCUT2D eigenvalue weighted by Crippen LogP contribution is 2.63. The molecule has 3 atom stereocenters. The van der Waals surface area contributed by atoms with E-state index in [4.69, 9.17) is 62.6 Å². The van der Waals surface area contributed by atoms with Crippen molar-refractivity contribution >= 4 is 87.5 Å². The molecule has 0 rings (SSSR count). The van der Waals surface area contributed by atoms with Gasteiger partial charge in [-0.2, -0.15) is 0 Å². The van der Waals surface area contributed by atoms with Crippen LogP contribution < -0.4 is 0 Å². The summed E-state index contributed by atoms with van der Waals surface area (Å²) in [6, 6.07) is 0. The van der Waals surface area contributed by atoms with E-state index in [1.807, 2.05) is 13.8 Å². The van der Waals surface area contributed by atoms with Gasteiger partial charge in [-0.05, 0) is 62.1 Å². The molecular formula is C16H37O6P3S6. The maximum Gasteiger partial charge on any atom is 0.247 e. The predicted molar refractivity (Wildman–Crippen MR) is 154 cm³/mol. The van der Waals surface area contributed by atoms with Crippen molar-refractivity contribution in [1.82, 2.24) is 0 Å². The van der Waals surface area contributed by atoms with Crippen LogP contribution in [-0.4, -0.2) is 51.1 Å². The molecular weight excluding hydrogens is 573 g/mol. The third kappa shape index (κ3) is 17.0. The molecule has 31 heavy (non-hydrogen) atoms. The van der Waals surface area contributed by atoms with E-state index in [1.54, 1.807) is 14.2 Å². The van der Waals surface area contributed by atoms with E-state index in [-0.39, 0.29) is 12.2 Å². The standard InChI is InChI=1S/C16H37O6P3S6/c1-7-9-11-19-25(29,20-12-10-8-2)31-14-16(4)22-23(26,27)21-15(3)13-30-24(28,17-5)18-6/h15-16H,7-14H2,1-6H3,(H,26,27). The lowest BCUT2D eigenvalue weighted by Gasteiger charge is -2.27. The van der Waals surface area contributed by atoms with Gasteiger partial charge in [-0.25, -0.2) is 0 Å². The van der Waals surface area contributed by atoms with Crippen LogP contribution in [-0.2, 0) is 62.6 Å². The van der Waals surface area contributed by atoms with Gasteiger partial charge in [0.25, 0.3) is 0 Å². The first-order valence-electron chi connectivity index (χ1n) is 10.0. The largest absolute Gasteiger partial charge is 0.325 e. The van der Waals surface area contributed by atoms with Crippen molar-refractivity contribution in [3.05, 3.63) is 0 Å². The van der Waals surface area contributed by atoms with Gasteiger partial charge in [0.15, 0.2) is 0 Å². The normalized spacial score (nSPS) is 16.7. The summed E-state index contributed by atoms with van der Waals surface area (Å²) in [6.45, 7) is 9.30. The molecule has 188 valence electrons. The molecule has 0 aromatic heterocycles. The number of hydrogen-bond acceptors (Lipinski definition) is 11. The molecule has 0 aromatic carbocycles. The number of unbranched alkanes of at least 4 members (excludes halogenated alkanes) is 2. The van der Waals surface area contributed by atoms with Crippen LogP contribution in [0.4, 0.5) is 0 Å². The van der Waals surface area contributed by atoms with Gasteiger partial charge >= 0.3 is 0 Å². The van der Waals surface area contributed by atoms with Gasteiger partial charge in [0.1, 0.15) is 0 Å². The SMILES string of the molecule is CCCCOP(=S)(OCCCC)SCC(C)OP(=S)(S)OC(C)CSP(=S)(OC)OC. The Kier molecular flexibility index (Phi) is 19.7. The highest BCUT2D eigenvalue weighted by molar-refractivity contribution is 8.68. The van der Waals surface area contributed by atoms with Crippen LogP contribution >= 0.6 is 52.1 Å². The lowest BCUT2D eigenvalue weighted by atomic mass is 10.4. The fraction of sp³-hybridized carbons (Fsp3) is 1.00. The molecule has 0 aromatic rings. The molecule has 0 aliphatic heterocycles. The van der Waals surface area contributed by atoms with E-state index in [0.717, 1.165) is 25.7 Å². The summed E-state index contributed by atoms with van der Waals surface area (Å²) in [6.07, 6.45) is 3.61. The first-order chi connectivity index (χ1) is 14.4. The third-order valence-electron chi connectivity index (χ3n) is 3.50. The summed E-state index contributed by atoms with van der Waals surface area (Å²) in [5, 5.41) is 0. The Morgan fingerprint density at radius 2 is 1.16 bits per heavy atom. The van der Waals surface area contributed by atoms with Gasteiger partial charge in [0, 0.05) is 25.7 Å². The van der Waals surface area contributed by atoms with E-state index in [1.165, 1.54) is 22.8 Å². The summed E-state index contributed by atoms with van der Waals surface area (Å²) in [7, 11) is 3.10. The number of hydrogen-bond donors (Lipinski definition) is 1. The Morgan fingerprint density at radius 3 is 1.52 bits per heavy atom. The smallest absolute Gasteiger partial charge is 0.247 e. The van der Waals surface area contributed by atoms with E-state index >= 15 is 0 Å². The third-order valence-corrected chi connectivity index (χ3v) is 17.3. The predicted octanol–water partition coefficient (Wildman–Crippen LogP) is 7.79. The van der Waals surface area contributed by atoms with Crippen molar-refractivity contribution in [3.63, 3.8) is 0 Å². The van der Waals surface area contributed by atoms with E-state index < -0.39 is 17.1 Å². The van der Waals surface area contributed by atoms with Crippen molar-refractivity contribution in [2.45, 2.75) is 65.6 Å². The maximum atomic E-state index is 5.96. The van der Waals surface area contributed by atoms with Crippen LogP contribution in [0, 0.1) is 0 Å². The van der Waals surface area contributed by atoms with Crippen molar-refractivity contribution in [1.29, 1.82) is 0 Å². The quantitative estimate of drug-likeness (QED) is 0.0835. The van der Waals surface area contributed by atoms with Crippen molar-refractivity contribution < 1.29 is 27.1 Å². The minimum absolute atomic E-state index is 0.205. The zero-order valence-corrected chi connectivity index (χ0v) is 26.8. The van der Waals surface area contributed by atoms with Crippen molar-refractivity contribution in [2.24, 2.45) is 0 Å². The summed E-state index contributed by atoms with van der Waals surface area (Å²) >= 11 is 24.0. The number of rotatable bonds is 20. The van der Waals surface area contributed by atoms with E-state index in [2.05, 4.69) is 26.1 Å². The fourth-order valence-electron chi connectivity index (χ4n) is 1.87. The molecule has 0 aliphatic rings. The minimum Gasteiger partial charge on any atom is -0.325 e. The average Bonchev–Trinajstić information content (AvgIpc) is 2.70. The van der Waals surface area contributed by atoms with Crippen LogP contribution in [0.3, 0.4) is 0 Å². The molecule has 0 spiro atoms. The van der Waals surface area contributed by atoms with Gasteiger partial charge in [0.2, 0.25) is 17.1 Å². The molecule has 3 unspecified atom stereocenters. The van der Waals surface area contributed by atoms with Crippen molar-refractivity contribution in [3.8, 4) is 0 Å². The van der Waals surface area contributed by atoms with E-state index in [9.17, 15) is 0 Å². The molecule has 0 fully saturated rings. The maximum absolute atomic E-state index is 5.96.